The van der Waals surface area contributed by atoms with Gasteiger partial charge < -0.3 is 15.2 Å². The van der Waals surface area contributed by atoms with Crippen LogP contribution in [0.5, 0.6) is 0 Å². The molecule has 38 heavy (non-hydrogen) atoms. The second-order valence-electron chi connectivity index (χ2n) is 9.56. The minimum atomic E-state index is -0.900. The van der Waals surface area contributed by atoms with E-state index in [-0.39, 0.29) is 11.5 Å². The van der Waals surface area contributed by atoms with Gasteiger partial charge in [0.1, 0.15) is 17.5 Å². The second kappa shape index (κ2) is 12.3. The molecule has 3 aromatic carbocycles. The van der Waals surface area contributed by atoms with Gasteiger partial charge in [0.2, 0.25) is 0 Å². The van der Waals surface area contributed by atoms with Crippen molar-refractivity contribution in [3.05, 3.63) is 113 Å². The van der Waals surface area contributed by atoms with Crippen LogP contribution in [0.2, 0.25) is 5.02 Å². The molecule has 0 aliphatic carbocycles. The molecule has 8 heteroatoms. The third-order valence-electron chi connectivity index (χ3n) is 6.38. The predicted octanol–water partition coefficient (Wildman–Crippen LogP) is 6.72. The van der Waals surface area contributed by atoms with Crippen molar-refractivity contribution in [1.82, 2.24) is 14.5 Å². The smallest absolute Gasteiger partial charge is 0.257 e. The van der Waals surface area contributed by atoms with Crippen LogP contribution in [0.4, 0.5) is 8.78 Å². The molecule has 0 aliphatic rings. The molecule has 0 radical (unpaired) electrons. The zero-order valence-corrected chi connectivity index (χ0v) is 22.2. The summed E-state index contributed by atoms with van der Waals surface area (Å²) in [6.07, 6.45) is 2.46. The van der Waals surface area contributed by atoms with Gasteiger partial charge in [-0.25, -0.2) is 13.8 Å². The largest absolute Gasteiger partial charge is 0.330 e. The minimum Gasteiger partial charge on any atom is -0.330 e. The SMILES string of the molecule is CC(C)[C@H](c1nc(-c2cccc(Cl)c2)cn1Cc1ccccc1)N(CCCN)C(=O)c1ccc(F)cc1F. The molecule has 1 aromatic heterocycles. The molecule has 198 valence electrons. The average molecular weight is 537 g/mol. The number of nitrogens with zero attached hydrogens (tertiary/aromatic N) is 3. The van der Waals surface area contributed by atoms with Crippen LogP contribution >= 0.6 is 11.6 Å². The van der Waals surface area contributed by atoms with Crippen molar-refractivity contribution < 1.29 is 13.6 Å². The van der Waals surface area contributed by atoms with Crippen LogP contribution in [0, 0.1) is 17.6 Å². The van der Waals surface area contributed by atoms with Gasteiger partial charge in [0.05, 0.1) is 17.3 Å². The zero-order chi connectivity index (χ0) is 27.2. The number of hydrogen-bond donors (Lipinski definition) is 1. The fourth-order valence-electron chi connectivity index (χ4n) is 4.60. The second-order valence-corrected chi connectivity index (χ2v) is 10.00. The van der Waals surface area contributed by atoms with Crippen molar-refractivity contribution in [3.8, 4) is 11.3 Å². The molecule has 0 fully saturated rings. The average Bonchev–Trinajstić information content (AvgIpc) is 3.29. The van der Waals surface area contributed by atoms with Crippen LogP contribution < -0.4 is 5.73 Å². The number of benzene rings is 3. The van der Waals surface area contributed by atoms with Crippen LogP contribution in [0.3, 0.4) is 0 Å². The van der Waals surface area contributed by atoms with Gasteiger partial charge in [-0.15, -0.1) is 0 Å². The monoisotopic (exact) mass is 536 g/mol. The Bertz CT molecular complexity index is 1390. The quantitative estimate of drug-likeness (QED) is 0.245. The Morgan fingerprint density at radius 2 is 1.82 bits per heavy atom. The summed E-state index contributed by atoms with van der Waals surface area (Å²) >= 11 is 6.27. The summed E-state index contributed by atoms with van der Waals surface area (Å²) in [7, 11) is 0. The van der Waals surface area contributed by atoms with Gasteiger partial charge in [-0.3, -0.25) is 4.79 Å². The lowest BCUT2D eigenvalue weighted by Crippen LogP contribution is -2.40. The number of rotatable bonds is 10. The number of carbonyl (C=O) groups is 1. The van der Waals surface area contributed by atoms with E-state index >= 15 is 0 Å². The van der Waals surface area contributed by atoms with E-state index in [0.29, 0.717) is 42.6 Å². The lowest BCUT2D eigenvalue weighted by atomic mass is 9.99. The summed E-state index contributed by atoms with van der Waals surface area (Å²) in [4.78, 5) is 20.4. The summed E-state index contributed by atoms with van der Waals surface area (Å²) < 4.78 is 30.4. The first kappa shape index (κ1) is 27.5. The summed E-state index contributed by atoms with van der Waals surface area (Å²) in [6.45, 7) is 5.16. The first-order valence-electron chi connectivity index (χ1n) is 12.6. The first-order valence-corrected chi connectivity index (χ1v) is 13.0. The highest BCUT2D eigenvalue weighted by Gasteiger charge is 2.33. The van der Waals surface area contributed by atoms with E-state index in [1.165, 1.54) is 6.07 Å². The maximum atomic E-state index is 14.7. The van der Waals surface area contributed by atoms with E-state index in [1.807, 2.05) is 73.1 Å². The fourth-order valence-corrected chi connectivity index (χ4v) is 4.79. The number of amides is 1. The van der Waals surface area contributed by atoms with Crippen molar-refractivity contribution >= 4 is 17.5 Å². The van der Waals surface area contributed by atoms with Crippen molar-refractivity contribution in [2.24, 2.45) is 11.7 Å². The molecule has 0 spiro atoms. The van der Waals surface area contributed by atoms with Gasteiger partial charge in [0, 0.05) is 35.9 Å². The van der Waals surface area contributed by atoms with E-state index in [0.717, 1.165) is 23.3 Å². The highest BCUT2D eigenvalue weighted by atomic mass is 35.5. The standard InChI is InChI=1S/C30H31ClF2N4O/c1-20(2)28(37(15-7-14-34)30(38)25-13-12-24(32)17-26(25)33)29-35-27(22-10-6-11-23(31)16-22)19-36(29)18-21-8-4-3-5-9-21/h3-6,8-13,16-17,19-20,28H,7,14-15,18,34H2,1-2H3/t28-/m1/s1. The Balaban J connectivity index is 1.84. The number of carbonyl (C=O) groups excluding carboxylic acids is 1. The van der Waals surface area contributed by atoms with Crippen LogP contribution in [0.1, 0.15) is 48.1 Å². The van der Waals surface area contributed by atoms with Crippen molar-refractivity contribution in [2.45, 2.75) is 32.9 Å². The maximum Gasteiger partial charge on any atom is 0.257 e. The molecule has 1 amide bonds. The lowest BCUT2D eigenvalue weighted by Gasteiger charge is -2.34. The number of aromatic nitrogens is 2. The highest BCUT2D eigenvalue weighted by molar-refractivity contribution is 6.30. The topological polar surface area (TPSA) is 64.2 Å². The highest BCUT2D eigenvalue weighted by Crippen LogP contribution is 2.33. The Hall–Kier alpha value is -3.55. The van der Waals surface area contributed by atoms with Gasteiger partial charge in [-0.1, -0.05) is 67.9 Å². The molecule has 5 nitrogen and oxygen atoms in total. The zero-order valence-electron chi connectivity index (χ0n) is 21.4. The molecule has 1 heterocycles. The Morgan fingerprint density at radius 1 is 1.05 bits per heavy atom. The van der Waals surface area contributed by atoms with Crippen LogP contribution in [0.15, 0.2) is 79.0 Å². The van der Waals surface area contributed by atoms with Gasteiger partial charge >= 0.3 is 0 Å². The van der Waals surface area contributed by atoms with Crippen LogP contribution in [0.25, 0.3) is 11.3 Å². The fraction of sp³-hybridized carbons (Fsp3) is 0.267. The minimum absolute atomic E-state index is 0.0793. The molecule has 0 aliphatic heterocycles. The lowest BCUT2D eigenvalue weighted by molar-refractivity contribution is 0.0599. The van der Waals surface area contributed by atoms with Gasteiger partial charge in [-0.2, -0.15) is 0 Å². The molecule has 2 N–H and O–H groups in total. The number of hydrogen-bond acceptors (Lipinski definition) is 3. The van der Waals surface area contributed by atoms with E-state index < -0.39 is 23.6 Å². The van der Waals surface area contributed by atoms with Crippen LogP contribution in [-0.4, -0.2) is 33.4 Å². The molecule has 0 saturated heterocycles. The third kappa shape index (κ3) is 6.29. The molecule has 4 aromatic rings. The molecule has 0 unspecified atom stereocenters. The van der Waals surface area contributed by atoms with E-state index in [9.17, 15) is 13.6 Å². The van der Waals surface area contributed by atoms with Gasteiger partial charge in [0.25, 0.3) is 5.91 Å². The van der Waals surface area contributed by atoms with Gasteiger partial charge in [0.15, 0.2) is 0 Å². The van der Waals surface area contributed by atoms with E-state index in [1.54, 1.807) is 11.0 Å². The third-order valence-corrected chi connectivity index (χ3v) is 6.62. The Kier molecular flexibility index (Phi) is 8.92. The molecule has 0 bridgehead atoms. The summed E-state index contributed by atoms with van der Waals surface area (Å²) in [6, 6.07) is 19.9. The van der Waals surface area contributed by atoms with Crippen molar-refractivity contribution in [1.29, 1.82) is 0 Å². The summed E-state index contributed by atoms with van der Waals surface area (Å²) in [5.74, 6) is -1.59. The molecular formula is C30H31ClF2N4O. The number of nitrogens with two attached hydrogens (primary N) is 1. The summed E-state index contributed by atoms with van der Waals surface area (Å²) in [5.41, 5.74) is 8.24. The van der Waals surface area contributed by atoms with E-state index in [4.69, 9.17) is 22.3 Å². The molecule has 4 rings (SSSR count). The van der Waals surface area contributed by atoms with Crippen LogP contribution in [-0.2, 0) is 6.54 Å². The van der Waals surface area contributed by atoms with Crippen molar-refractivity contribution in [2.75, 3.05) is 13.1 Å². The molecule has 1 atom stereocenters. The number of imidazole rings is 1. The van der Waals surface area contributed by atoms with Crippen molar-refractivity contribution in [3.63, 3.8) is 0 Å². The first-order chi connectivity index (χ1) is 18.3. The Morgan fingerprint density at radius 3 is 2.47 bits per heavy atom. The maximum absolute atomic E-state index is 14.7. The summed E-state index contributed by atoms with van der Waals surface area (Å²) in [5, 5.41) is 0.591. The van der Waals surface area contributed by atoms with Gasteiger partial charge in [-0.05, 0) is 48.7 Å². The molecule has 0 saturated carbocycles. The Labute approximate surface area is 226 Å². The number of halogens is 3. The molecular weight excluding hydrogens is 506 g/mol. The predicted molar refractivity (Wildman–Crippen MR) is 147 cm³/mol. The normalized spacial score (nSPS) is 12.1. The van der Waals surface area contributed by atoms with E-state index in [2.05, 4.69) is 0 Å².